The molecule has 0 saturated carbocycles. The summed E-state index contributed by atoms with van der Waals surface area (Å²) in [6.07, 6.45) is 2.81. The number of piperidine rings is 2. The molecule has 3 saturated heterocycles. The van der Waals surface area contributed by atoms with Gasteiger partial charge in [0, 0.05) is 97.3 Å². The molecule has 0 radical (unpaired) electrons. The standard InChI is InChI=1S/C43H49FN8O5/c1-26(53)51-17-6-8-29(25-51)32-23-31(33-24-34(42(56)47(2)3)45-39(33)38(32)44)27-10-12-30(13-11-27)50-21-19-49(20-22-50)18-16-28-7-5-9-35-40(28)48(4)43(57)52(35)36-14-15-37(54)46-41(36)55/h5,7,9-13,23-24,29,36,45H,6,8,14-22,25H2,1-4H3,(H,46,54,55)/t29-,36?/m1/s1. The lowest BCUT2D eigenvalue weighted by Crippen LogP contribution is -2.47. The Morgan fingerprint density at radius 1 is 0.947 bits per heavy atom. The van der Waals surface area contributed by atoms with Crippen LogP contribution in [0.2, 0.25) is 0 Å². The fourth-order valence-corrected chi connectivity index (χ4v) is 9.00. The number of fused-ring (bicyclic) bond motifs is 2. The monoisotopic (exact) mass is 776 g/mol. The Bertz CT molecular complexity index is 2460. The molecular formula is C43H49FN8O5. The Morgan fingerprint density at radius 3 is 2.40 bits per heavy atom. The lowest BCUT2D eigenvalue weighted by molar-refractivity contribution is -0.135. The van der Waals surface area contributed by atoms with E-state index >= 15 is 4.39 Å². The minimum atomic E-state index is -0.715. The van der Waals surface area contributed by atoms with Gasteiger partial charge in [0.15, 0.2) is 5.82 Å². The molecule has 3 aromatic carbocycles. The van der Waals surface area contributed by atoms with Crippen molar-refractivity contribution in [1.82, 2.24) is 34.1 Å². The molecule has 0 bridgehead atoms. The fraction of sp³-hybridized carbons (Fsp3) is 0.419. The van der Waals surface area contributed by atoms with Crippen LogP contribution in [0, 0.1) is 5.82 Å². The zero-order chi connectivity index (χ0) is 40.1. The largest absolute Gasteiger partial charge is 0.369 e. The lowest BCUT2D eigenvalue weighted by Gasteiger charge is -2.36. The summed E-state index contributed by atoms with van der Waals surface area (Å²) >= 11 is 0. The average molecular weight is 777 g/mol. The maximum absolute atomic E-state index is 16.3. The molecule has 2 atom stereocenters. The third kappa shape index (κ3) is 7.11. The predicted molar refractivity (Wildman–Crippen MR) is 217 cm³/mol. The number of likely N-dealkylation sites (tertiary alicyclic amines) is 1. The molecule has 0 spiro atoms. The number of halogens is 1. The zero-order valence-electron chi connectivity index (χ0n) is 32.9. The molecule has 5 heterocycles. The number of hydrogen-bond acceptors (Lipinski definition) is 7. The van der Waals surface area contributed by atoms with Crippen LogP contribution in [0.4, 0.5) is 10.1 Å². The predicted octanol–water partition coefficient (Wildman–Crippen LogP) is 4.40. The molecule has 4 amide bonds. The van der Waals surface area contributed by atoms with Crippen LogP contribution in [-0.4, -0.2) is 112 Å². The van der Waals surface area contributed by atoms with Crippen LogP contribution in [0.3, 0.4) is 0 Å². The van der Waals surface area contributed by atoms with Gasteiger partial charge in [-0.15, -0.1) is 0 Å². The Hall–Kier alpha value is -5.76. The maximum Gasteiger partial charge on any atom is 0.329 e. The van der Waals surface area contributed by atoms with Gasteiger partial charge >= 0.3 is 5.69 Å². The zero-order valence-corrected chi connectivity index (χ0v) is 32.9. The van der Waals surface area contributed by atoms with Crippen LogP contribution in [0.15, 0.2) is 59.4 Å². The van der Waals surface area contributed by atoms with Gasteiger partial charge in [0.05, 0.1) is 16.6 Å². The summed E-state index contributed by atoms with van der Waals surface area (Å²) in [5.41, 5.74) is 6.32. The number of carbonyl (C=O) groups is 4. The molecule has 2 aromatic heterocycles. The van der Waals surface area contributed by atoms with E-state index in [-0.39, 0.29) is 41.6 Å². The first-order valence-electron chi connectivity index (χ1n) is 19.8. The Labute approximate surface area is 330 Å². The molecule has 5 aromatic rings. The van der Waals surface area contributed by atoms with Gasteiger partial charge < -0.3 is 19.7 Å². The molecule has 3 aliphatic heterocycles. The third-order valence-corrected chi connectivity index (χ3v) is 12.1. The quantitative estimate of drug-likeness (QED) is 0.223. The van der Waals surface area contributed by atoms with Crippen LogP contribution in [0.1, 0.15) is 66.2 Å². The summed E-state index contributed by atoms with van der Waals surface area (Å²) in [6.45, 7) is 6.89. The number of anilines is 1. The number of imide groups is 1. The summed E-state index contributed by atoms with van der Waals surface area (Å²) in [4.78, 5) is 74.2. The topological polar surface area (TPSA) is 136 Å². The van der Waals surface area contributed by atoms with Crippen molar-refractivity contribution in [3.05, 3.63) is 87.7 Å². The number of benzene rings is 3. The van der Waals surface area contributed by atoms with Gasteiger partial charge in [0.25, 0.3) is 5.91 Å². The lowest BCUT2D eigenvalue weighted by atomic mass is 9.87. The number of nitrogens with zero attached hydrogens (tertiary/aromatic N) is 6. The minimum absolute atomic E-state index is 0.0125. The van der Waals surface area contributed by atoms with Crippen LogP contribution in [0.25, 0.3) is 33.1 Å². The second kappa shape index (κ2) is 15.3. The van der Waals surface area contributed by atoms with Gasteiger partial charge in [0.2, 0.25) is 17.7 Å². The average Bonchev–Trinajstić information content (AvgIpc) is 3.77. The second-order valence-electron chi connectivity index (χ2n) is 15.9. The third-order valence-electron chi connectivity index (χ3n) is 12.1. The Morgan fingerprint density at radius 2 is 1.70 bits per heavy atom. The number of aryl methyl sites for hydroxylation is 1. The van der Waals surface area contributed by atoms with E-state index in [4.69, 9.17) is 0 Å². The van der Waals surface area contributed by atoms with Gasteiger partial charge in [-0.05, 0) is 78.3 Å². The van der Waals surface area contributed by atoms with E-state index in [9.17, 15) is 24.0 Å². The number of amides is 4. The first-order chi connectivity index (χ1) is 27.4. The van der Waals surface area contributed by atoms with Crippen molar-refractivity contribution in [2.45, 2.75) is 51.0 Å². The van der Waals surface area contributed by atoms with E-state index in [0.717, 1.165) is 79.9 Å². The highest BCUT2D eigenvalue weighted by Gasteiger charge is 2.32. The summed E-state index contributed by atoms with van der Waals surface area (Å²) in [6, 6.07) is 17.1. The Kier molecular flexibility index (Phi) is 10.2. The van der Waals surface area contributed by atoms with E-state index in [0.29, 0.717) is 47.2 Å². The number of aromatic amines is 1. The normalized spacial score (nSPS) is 19.4. The van der Waals surface area contributed by atoms with Crippen LogP contribution in [-0.2, 0) is 27.9 Å². The van der Waals surface area contributed by atoms with Crippen LogP contribution in [0.5, 0.6) is 0 Å². The van der Waals surface area contributed by atoms with Gasteiger partial charge in [-0.1, -0.05) is 24.3 Å². The number of rotatable bonds is 8. The van der Waals surface area contributed by atoms with Crippen LogP contribution >= 0.6 is 0 Å². The van der Waals surface area contributed by atoms with E-state index in [2.05, 4.69) is 44.4 Å². The van der Waals surface area contributed by atoms with Gasteiger partial charge in [-0.3, -0.25) is 38.5 Å². The molecule has 13 nitrogen and oxygen atoms in total. The molecule has 14 heteroatoms. The molecule has 2 N–H and O–H groups in total. The van der Waals surface area contributed by atoms with Crippen molar-refractivity contribution in [3.8, 4) is 11.1 Å². The molecule has 298 valence electrons. The molecule has 1 unspecified atom stereocenters. The summed E-state index contributed by atoms with van der Waals surface area (Å²) in [7, 11) is 5.08. The van der Waals surface area contributed by atoms with Crippen molar-refractivity contribution in [2.24, 2.45) is 7.05 Å². The highest BCUT2D eigenvalue weighted by molar-refractivity contribution is 6.04. The SMILES string of the molecule is CC(=O)N1CCC[C@@H](c2cc(-c3ccc(N4CCN(CCc5cccc6c5n(C)c(=O)n6C5CCC(=O)NC5=O)CC4)cc3)c3cc(C(=O)N(C)C)[nH]c3c2F)C1. The number of imidazole rings is 1. The Balaban J connectivity index is 0.979. The van der Waals surface area contributed by atoms with Gasteiger partial charge in [0.1, 0.15) is 11.7 Å². The molecule has 3 fully saturated rings. The fourth-order valence-electron chi connectivity index (χ4n) is 9.00. The summed E-state index contributed by atoms with van der Waals surface area (Å²) in [5, 5.41) is 3.02. The van der Waals surface area contributed by atoms with Crippen molar-refractivity contribution < 1.29 is 23.6 Å². The highest BCUT2D eigenvalue weighted by atomic mass is 19.1. The smallest absolute Gasteiger partial charge is 0.329 e. The van der Waals surface area contributed by atoms with E-state index < -0.39 is 11.9 Å². The van der Waals surface area contributed by atoms with E-state index in [1.54, 1.807) is 43.6 Å². The van der Waals surface area contributed by atoms with E-state index in [1.165, 1.54) is 9.47 Å². The van der Waals surface area contributed by atoms with Crippen molar-refractivity contribution in [1.29, 1.82) is 0 Å². The first-order valence-corrected chi connectivity index (χ1v) is 19.8. The summed E-state index contributed by atoms with van der Waals surface area (Å²) in [5.74, 6) is -1.53. The van der Waals surface area contributed by atoms with Crippen molar-refractivity contribution in [2.75, 3.05) is 64.8 Å². The first kappa shape index (κ1) is 38.1. The highest BCUT2D eigenvalue weighted by Crippen LogP contribution is 2.39. The molecule has 0 aliphatic carbocycles. The number of para-hydroxylation sites is 1. The van der Waals surface area contributed by atoms with Crippen LogP contribution < -0.4 is 15.9 Å². The molecular weight excluding hydrogens is 728 g/mol. The number of hydrogen-bond donors (Lipinski definition) is 2. The van der Waals surface area contributed by atoms with Gasteiger partial charge in [-0.2, -0.15) is 0 Å². The summed E-state index contributed by atoms with van der Waals surface area (Å²) < 4.78 is 19.5. The van der Waals surface area contributed by atoms with Crippen molar-refractivity contribution >= 4 is 51.3 Å². The molecule has 8 rings (SSSR count). The minimum Gasteiger partial charge on any atom is -0.369 e. The van der Waals surface area contributed by atoms with Gasteiger partial charge in [-0.25, -0.2) is 9.18 Å². The van der Waals surface area contributed by atoms with Crippen molar-refractivity contribution in [3.63, 3.8) is 0 Å². The number of piperazine rings is 1. The number of aromatic nitrogens is 3. The maximum atomic E-state index is 16.3. The second-order valence-corrected chi connectivity index (χ2v) is 15.9. The van der Waals surface area contributed by atoms with E-state index in [1.807, 2.05) is 24.3 Å². The number of H-pyrrole nitrogens is 1. The molecule has 57 heavy (non-hydrogen) atoms. The number of carbonyl (C=O) groups excluding carboxylic acids is 4. The number of nitrogens with one attached hydrogen (secondary N) is 2. The molecule has 3 aliphatic rings.